The number of hydrogen-bond donors (Lipinski definition) is 1. The van der Waals surface area contributed by atoms with Gasteiger partial charge in [0.05, 0.1) is 12.2 Å². The van der Waals surface area contributed by atoms with E-state index in [4.69, 9.17) is 21.4 Å². The monoisotopic (exact) mass is 227 g/mol. The van der Waals surface area contributed by atoms with Gasteiger partial charge in [-0.1, -0.05) is 11.6 Å². The highest BCUT2D eigenvalue weighted by molar-refractivity contribution is 6.34. The van der Waals surface area contributed by atoms with Crippen molar-refractivity contribution in [2.24, 2.45) is 5.92 Å². The number of pyridine rings is 1. The van der Waals surface area contributed by atoms with Crippen molar-refractivity contribution in [2.75, 3.05) is 6.61 Å². The molecule has 1 aromatic heterocycles. The molecule has 1 saturated carbocycles. The van der Waals surface area contributed by atoms with Gasteiger partial charge in [-0.15, -0.1) is 0 Å². The fraction of sp³-hybridized carbons (Fsp3) is 0.400. The van der Waals surface area contributed by atoms with Crippen LogP contribution in [-0.2, 0) is 0 Å². The summed E-state index contributed by atoms with van der Waals surface area (Å²) >= 11 is 5.84. The van der Waals surface area contributed by atoms with E-state index in [1.165, 1.54) is 12.3 Å². The molecule has 0 spiro atoms. The van der Waals surface area contributed by atoms with Gasteiger partial charge in [0, 0.05) is 6.20 Å². The minimum atomic E-state index is -1.07. The molecule has 5 heteroatoms. The summed E-state index contributed by atoms with van der Waals surface area (Å²) in [6.07, 6.45) is 3.71. The molecule has 15 heavy (non-hydrogen) atoms. The maximum Gasteiger partial charge on any atom is 0.337 e. The number of halogens is 1. The number of nitrogens with zero attached hydrogens (tertiary/aromatic N) is 1. The van der Waals surface area contributed by atoms with E-state index in [0.717, 1.165) is 12.8 Å². The lowest BCUT2D eigenvalue weighted by molar-refractivity contribution is 0.0696. The van der Waals surface area contributed by atoms with E-state index in [9.17, 15) is 4.79 Å². The van der Waals surface area contributed by atoms with Crippen molar-refractivity contribution < 1.29 is 14.6 Å². The summed E-state index contributed by atoms with van der Waals surface area (Å²) in [5.74, 6) is -0.279. The third-order valence-corrected chi connectivity index (χ3v) is 2.61. The van der Waals surface area contributed by atoms with Crippen LogP contribution in [0.1, 0.15) is 23.2 Å². The molecule has 1 aliphatic rings. The smallest absolute Gasteiger partial charge is 0.337 e. The molecule has 4 nitrogen and oxygen atoms in total. The number of carboxylic acid groups (broad SMARTS) is 1. The molecule has 1 N–H and O–H groups in total. The number of hydrogen-bond acceptors (Lipinski definition) is 3. The fourth-order valence-corrected chi connectivity index (χ4v) is 1.42. The van der Waals surface area contributed by atoms with Crippen LogP contribution < -0.4 is 4.74 Å². The van der Waals surface area contributed by atoms with Gasteiger partial charge >= 0.3 is 5.97 Å². The molecule has 1 aliphatic carbocycles. The summed E-state index contributed by atoms with van der Waals surface area (Å²) in [5, 5.41) is 8.89. The Hall–Kier alpha value is -1.29. The Labute approximate surface area is 91.8 Å². The third-order valence-electron chi connectivity index (χ3n) is 2.24. The molecule has 0 atom stereocenters. The van der Waals surface area contributed by atoms with Gasteiger partial charge in [-0.3, -0.25) is 0 Å². The summed E-state index contributed by atoms with van der Waals surface area (Å²) in [4.78, 5) is 14.7. The summed E-state index contributed by atoms with van der Waals surface area (Å²) in [5.41, 5.74) is 0.0254. The van der Waals surface area contributed by atoms with Gasteiger partial charge in [0.2, 0.25) is 5.88 Å². The second-order valence-electron chi connectivity index (χ2n) is 3.54. The Morgan fingerprint density at radius 2 is 2.40 bits per heavy atom. The molecule has 0 aliphatic heterocycles. The SMILES string of the molecule is O=C(O)c1ccnc(OCC2CC2)c1Cl. The first-order valence-electron chi connectivity index (χ1n) is 4.69. The molecule has 0 amide bonds. The van der Waals surface area contributed by atoms with Crippen LogP contribution >= 0.6 is 11.6 Å². The largest absolute Gasteiger partial charge is 0.478 e. The number of carbonyl (C=O) groups is 1. The maximum atomic E-state index is 10.8. The molecule has 0 bridgehead atoms. The lowest BCUT2D eigenvalue weighted by Crippen LogP contribution is -2.04. The quantitative estimate of drug-likeness (QED) is 0.857. The average molecular weight is 228 g/mol. The van der Waals surface area contributed by atoms with Crippen molar-refractivity contribution >= 4 is 17.6 Å². The van der Waals surface area contributed by atoms with E-state index in [1.807, 2.05) is 0 Å². The van der Waals surface area contributed by atoms with Crippen molar-refractivity contribution in [3.63, 3.8) is 0 Å². The van der Waals surface area contributed by atoms with E-state index in [0.29, 0.717) is 12.5 Å². The first kappa shape index (κ1) is 10.2. The minimum absolute atomic E-state index is 0.0254. The predicted octanol–water partition coefficient (Wildman–Crippen LogP) is 2.22. The zero-order valence-corrected chi connectivity index (χ0v) is 8.70. The summed E-state index contributed by atoms with van der Waals surface area (Å²) in [7, 11) is 0. The molecule has 0 unspecified atom stereocenters. The number of aromatic nitrogens is 1. The highest BCUT2D eigenvalue weighted by Gasteiger charge is 2.23. The van der Waals surface area contributed by atoms with E-state index in [2.05, 4.69) is 4.98 Å². The van der Waals surface area contributed by atoms with Gasteiger partial charge in [0.1, 0.15) is 5.02 Å². The predicted molar refractivity (Wildman–Crippen MR) is 54.4 cm³/mol. The van der Waals surface area contributed by atoms with Gasteiger partial charge in [-0.25, -0.2) is 9.78 Å². The number of carboxylic acids is 1. The third kappa shape index (κ3) is 2.39. The van der Waals surface area contributed by atoms with Crippen LogP contribution in [0.3, 0.4) is 0 Å². The highest BCUT2D eigenvalue weighted by atomic mass is 35.5. The molecule has 1 aromatic rings. The lowest BCUT2D eigenvalue weighted by atomic mass is 10.3. The van der Waals surface area contributed by atoms with Crippen molar-refractivity contribution in [1.29, 1.82) is 0 Å². The van der Waals surface area contributed by atoms with Crippen LogP contribution in [0, 0.1) is 5.92 Å². The zero-order chi connectivity index (χ0) is 10.8. The Kier molecular flexibility index (Phi) is 2.77. The molecule has 0 aromatic carbocycles. The van der Waals surface area contributed by atoms with Crippen LogP contribution in [0.4, 0.5) is 0 Å². The molecule has 1 fully saturated rings. The molecule has 80 valence electrons. The van der Waals surface area contributed by atoms with Crippen LogP contribution in [-0.4, -0.2) is 22.7 Å². The fourth-order valence-electron chi connectivity index (χ4n) is 1.17. The number of rotatable bonds is 4. The van der Waals surface area contributed by atoms with Crippen LogP contribution in [0.2, 0.25) is 5.02 Å². The average Bonchev–Trinajstić information content (AvgIpc) is 2.99. The van der Waals surface area contributed by atoms with Gasteiger partial charge in [0.25, 0.3) is 0 Å². The summed E-state index contributed by atoms with van der Waals surface area (Å²) < 4.78 is 5.35. The Morgan fingerprint density at radius 1 is 1.67 bits per heavy atom. The first-order chi connectivity index (χ1) is 7.18. The van der Waals surface area contributed by atoms with Crippen LogP contribution in [0.5, 0.6) is 5.88 Å². The lowest BCUT2D eigenvalue weighted by Gasteiger charge is -2.07. The number of aromatic carboxylic acids is 1. The second-order valence-corrected chi connectivity index (χ2v) is 3.92. The second kappa shape index (κ2) is 4.06. The van der Waals surface area contributed by atoms with Gasteiger partial charge in [0.15, 0.2) is 0 Å². The molecule has 2 rings (SSSR count). The van der Waals surface area contributed by atoms with Gasteiger partial charge < -0.3 is 9.84 Å². The van der Waals surface area contributed by atoms with Crippen molar-refractivity contribution in [3.05, 3.63) is 22.8 Å². The van der Waals surface area contributed by atoms with E-state index < -0.39 is 5.97 Å². The van der Waals surface area contributed by atoms with Crippen molar-refractivity contribution in [2.45, 2.75) is 12.8 Å². The molecular weight excluding hydrogens is 218 g/mol. The summed E-state index contributed by atoms with van der Waals surface area (Å²) in [6, 6.07) is 1.36. The molecule has 1 heterocycles. The van der Waals surface area contributed by atoms with Gasteiger partial charge in [-0.05, 0) is 24.8 Å². The minimum Gasteiger partial charge on any atom is -0.478 e. The first-order valence-corrected chi connectivity index (χ1v) is 5.07. The maximum absolute atomic E-state index is 10.8. The molecule has 0 saturated heterocycles. The zero-order valence-electron chi connectivity index (χ0n) is 7.94. The summed E-state index contributed by atoms with van der Waals surface area (Å²) in [6.45, 7) is 0.565. The highest BCUT2D eigenvalue weighted by Crippen LogP contribution is 2.31. The van der Waals surface area contributed by atoms with Crippen molar-refractivity contribution in [1.82, 2.24) is 4.98 Å². The Balaban J connectivity index is 2.14. The topological polar surface area (TPSA) is 59.4 Å². The molecular formula is C10H10ClNO3. The van der Waals surface area contributed by atoms with Gasteiger partial charge in [-0.2, -0.15) is 0 Å². The Bertz CT molecular complexity index is 390. The normalized spacial score (nSPS) is 15.0. The molecule has 0 radical (unpaired) electrons. The van der Waals surface area contributed by atoms with E-state index in [-0.39, 0.29) is 16.5 Å². The van der Waals surface area contributed by atoms with Crippen LogP contribution in [0.25, 0.3) is 0 Å². The van der Waals surface area contributed by atoms with E-state index >= 15 is 0 Å². The van der Waals surface area contributed by atoms with E-state index in [1.54, 1.807) is 0 Å². The Morgan fingerprint density at radius 3 is 3.00 bits per heavy atom. The standard InChI is InChI=1S/C10H10ClNO3/c11-8-7(10(13)14)3-4-12-9(8)15-5-6-1-2-6/h3-4,6H,1-2,5H2,(H,13,14). The van der Waals surface area contributed by atoms with Crippen LogP contribution in [0.15, 0.2) is 12.3 Å². The number of ether oxygens (including phenoxy) is 1. The van der Waals surface area contributed by atoms with Crippen molar-refractivity contribution in [3.8, 4) is 5.88 Å².